The molecule has 1 rings (SSSR count). The average molecular weight is 225 g/mol. The first-order valence-corrected chi connectivity index (χ1v) is 3.66. The summed E-state index contributed by atoms with van der Waals surface area (Å²) in [7, 11) is 0. The van der Waals surface area contributed by atoms with E-state index in [0.29, 0.717) is 0 Å². The summed E-state index contributed by atoms with van der Waals surface area (Å²) in [6.45, 7) is 0. The molecule has 0 aliphatic carbocycles. The molecule has 1 N–H and O–H groups in total. The molecule has 0 aromatic carbocycles. The number of nitrogens with one attached hydrogen (secondary N) is 1. The number of hydrogen-bond donors (Lipinski definition) is 1. The topological polar surface area (TPSA) is 76.0 Å². The third-order valence-electron chi connectivity index (χ3n) is 1.44. The first-order chi connectivity index (χ1) is 6.45. The van der Waals surface area contributed by atoms with Gasteiger partial charge in [-0.2, -0.15) is 0 Å². The lowest BCUT2D eigenvalue weighted by atomic mass is 10.3. The zero-order valence-corrected chi connectivity index (χ0v) is 7.22. The lowest BCUT2D eigenvalue weighted by molar-refractivity contribution is -0.387. The van der Waals surface area contributed by atoms with Crippen LogP contribution in [0.15, 0.2) is 11.0 Å². The summed E-state index contributed by atoms with van der Waals surface area (Å²) in [6, 6.07) is 0. The van der Waals surface area contributed by atoms with Crippen LogP contribution in [0.4, 0.5) is 14.5 Å². The van der Waals surface area contributed by atoms with E-state index in [1.54, 1.807) is 0 Å². The Hall–Kier alpha value is -1.50. The van der Waals surface area contributed by atoms with E-state index in [1.807, 2.05) is 4.98 Å². The SMILES string of the molecule is O=c1c(Cl)c[nH]c(C(F)F)c1[N+](=O)[O-]. The molecule has 0 saturated carbocycles. The summed E-state index contributed by atoms with van der Waals surface area (Å²) in [5, 5.41) is 9.79. The summed E-state index contributed by atoms with van der Waals surface area (Å²) >= 11 is 5.24. The highest BCUT2D eigenvalue weighted by Gasteiger charge is 2.27. The molecule has 0 aliphatic rings. The van der Waals surface area contributed by atoms with Gasteiger partial charge in [0.05, 0.1) is 4.92 Å². The molecule has 0 atom stereocenters. The molecule has 0 aliphatic heterocycles. The molecule has 0 fully saturated rings. The minimum atomic E-state index is -3.12. The summed E-state index contributed by atoms with van der Waals surface area (Å²) in [4.78, 5) is 22.0. The van der Waals surface area contributed by atoms with Crippen molar-refractivity contribution in [2.24, 2.45) is 0 Å². The van der Waals surface area contributed by atoms with Crippen LogP contribution in [0.5, 0.6) is 0 Å². The van der Waals surface area contributed by atoms with E-state index in [0.717, 1.165) is 6.20 Å². The van der Waals surface area contributed by atoms with Crippen molar-refractivity contribution in [1.29, 1.82) is 0 Å². The van der Waals surface area contributed by atoms with Crippen LogP contribution < -0.4 is 5.43 Å². The van der Waals surface area contributed by atoms with Gasteiger partial charge in [-0.1, -0.05) is 11.6 Å². The Morgan fingerprint density at radius 1 is 1.57 bits per heavy atom. The maximum Gasteiger partial charge on any atom is 0.342 e. The number of rotatable bonds is 2. The molecule has 0 bridgehead atoms. The van der Waals surface area contributed by atoms with E-state index in [2.05, 4.69) is 0 Å². The number of nitrogens with zero attached hydrogens (tertiary/aromatic N) is 1. The molecule has 5 nitrogen and oxygen atoms in total. The number of pyridine rings is 1. The van der Waals surface area contributed by atoms with Gasteiger partial charge < -0.3 is 4.98 Å². The number of aromatic nitrogens is 1. The normalized spacial score (nSPS) is 10.6. The number of alkyl halides is 2. The molecule has 0 unspecified atom stereocenters. The molecule has 1 aromatic rings. The highest BCUT2D eigenvalue weighted by Crippen LogP contribution is 2.24. The molecule has 0 radical (unpaired) electrons. The molecule has 1 aromatic heterocycles. The van der Waals surface area contributed by atoms with Gasteiger partial charge in [0.1, 0.15) is 5.02 Å². The van der Waals surface area contributed by atoms with Crippen LogP contribution in [0.25, 0.3) is 0 Å². The molecular formula is C6H3ClF2N2O3. The van der Waals surface area contributed by atoms with Gasteiger partial charge >= 0.3 is 5.69 Å². The van der Waals surface area contributed by atoms with Crippen LogP contribution in [0.1, 0.15) is 12.1 Å². The summed E-state index contributed by atoms with van der Waals surface area (Å²) in [5.41, 5.74) is -3.47. The Labute approximate surface area is 80.5 Å². The number of aromatic amines is 1. The van der Waals surface area contributed by atoms with Gasteiger partial charge in [-0.3, -0.25) is 14.9 Å². The fourth-order valence-corrected chi connectivity index (χ4v) is 1.00. The smallest absolute Gasteiger partial charge is 0.342 e. The lowest BCUT2D eigenvalue weighted by Gasteiger charge is -2.00. The molecular weight excluding hydrogens is 222 g/mol. The van der Waals surface area contributed by atoms with Crippen LogP contribution in [-0.2, 0) is 0 Å². The molecule has 0 spiro atoms. The number of H-pyrrole nitrogens is 1. The van der Waals surface area contributed by atoms with Crippen LogP contribution >= 0.6 is 11.6 Å². The Morgan fingerprint density at radius 2 is 2.14 bits per heavy atom. The van der Waals surface area contributed by atoms with Crippen molar-refractivity contribution in [3.05, 3.63) is 37.3 Å². The Morgan fingerprint density at radius 3 is 2.57 bits per heavy atom. The van der Waals surface area contributed by atoms with Crippen molar-refractivity contribution < 1.29 is 13.7 Å². The van der Waals surface area contributed by atoms with Gasteiger partial charge in [-0.05, 0) is 0 Å². The summed E-state index contributed by atoms with van der Waals surface area (Å²) < 4.78 is 24.4. The van der Waals surface area contributed by atoms with Gasteiger partial charge in [-0.15, -0.1) is 0 Å². The number of nitro groups is 1. The first-order valence-electron chi connectivity index (χ1n) is 3.28. The molecule has 14 heavy (non-hydrogen) atoms. The second kappa shape index (κ2) is 3.70. The summed E-state index contributed by atoms with van der Waals surface area (Å²) in [5.74, 6) is 0. The van der Waals surface area contributed by atoms with E-state index >= 15 is 0 Å². The predicted molar refractivity (Wildman–Crippen MR) is 43.7 cm³/mol. The predicted octanol–water partition coefficient (Wildman–Crippen LogP) is 1.87. The number of hydrogen-bond acceptors (Lipinski definition) is 3. The standard InChI is InChI=1S/C6H3ClF2N2O3/c7-2-1-10-3(6(8)9)4(5(2)12)11(13)14/h1,6H,(H,10,12). The molecule has 1 heterocycles. The quantitative estimate of drug-likeness (QED) is 0.615. The maximum atomic E-state index is 12.2. The van der Waals surface area contributed by atoms with Crippen LogP contribution in [-0.4, -0.2) is 9.91 Å². The molecule has 0 amide bonds. The minimum Gasteiger partial charge on any atom is -0.353 e. The minimum absolute atomic E-state index is 0.499. The van der Waals surface area contributed by atoms with E-state index in [1.165, 1.54) is 0 Å². The van der Waals surface area contributed by atoms with E-state index in [-0.39, 0.29) is 0 Å². The second-order valence-corrected chi connectivity index (χ2v) is 2.69. The monoisotopic (exact) mass is 224 g/mol. The van der Waals surface area contributed by atoms with Crippen LogP contribution in [0.3, 0.4) is 0 Å². The van der Waals surface area contributed by atoms with Crippen molar-refractivity contribution >= 4 is 17.3 Å². The van der Waals surface area contributed by atoms with Gasteiger partial charge in [0.15, 0.2) is 5.69 Å². The zero-order chi connectivity index (χ0) is 10.9. The van der Waals surface area contributed by atoms with Crippen LogP contribution in [0, 0.1) is 10.1 Å². The van der Waals surface area contributed by atoms with Gasteiger partial charge in [-0.25, -0.2) is 8.78 Å². The van der Waals surface area contributed by atoms with E-state index in [9.17, 15) is 23.7 Å². The third-order valence-corrected chi connectivity index (χ3v) is 1.72. The van der Waals surface area contributed by atoms with Gasteiger partial charge in [0.2, 0.25) is 0 Å². The van der Waals surface area contributed by atoms with Crippen molar-refractivity contribution in [3.8, 4) is 0 Å². The lowest BCUT2D eigenvalue weighted by Crippen LogP contribution is -2.13. The highest BCUT2D eigenvalue weighted by atomic mass is 35.5. The molecule has 0 saturated heterocycles. The van der Waals surface area contributed by atoms with Crippen LogP contribution in [0.2, 0.25) is 5.02 Å². The maximum absolute atomic E-state index is 12.2. The third kappa shape index (κ3) is 1.72. The van der Waals surface area contributed by atoms with Gasteiger partial charge in [0, 0.05) is 6.20 Å². The largest absolute Gasteiger partial charge is 0.353 e. The second-order valence-electron chi connectivity index (χ2n) is 2.29. The Kier molecular flexibility index (Phi) is 2.80. The van der Waals surface area contributed by atoms with E-state index < -0.39 is 33.2 Å². The highest BCUT2D eigenvalue weighted by molar-refractivity contribution is 6.30. The average Bonchev–Trinajstić information content (AvgIpc) is 2.08. The molecule has 76 valence electrons. The molecule has 8 heteroatoms. The first kappa shape index (κ1) is 10.6. The fraction of sp³-hybridized carbons (Fsp3) is 0.167. The van der Waals surface area contributed by atoms with E-state index in [4.69, 9.17) is 11.6 Å². The van der Waals surface area contributed by atoms with Gasteiger partial charge in [0.25, 0.3) is 11.9 Å². The number of halogens is 3. The van der Waals surface area contributed by atoms with Crippen molar-refractivity contribution in [2.45, 2.75) is 6.43 Å². The Bertz CT molecular complexity index is 432. The Balaban J connectivity index is 3.54. The van der Waals surface area contributed by atoms with Crippen molar-refractivity contribution in [3.63, 3.8) is 0 Å². The fourth-order valence-electron chi connectivity index (χ4n) is 0.858. The van der Waals surface area contributed by atoms with Crippen molar-refractivity contribution in [1.82, 2.24) is 4.98 Å². The zero-order valence-electron chi connectivity index (χ0n) is 6.46. The van der Waals surface area contributed by atoms with Crippen molar-refractivity contribution in [2.75, 3.05) is 0 Å². The summed E-state index contributed by atoms with van der Waals surface area (Å²) in [6.07, 6.45) is -2.33.